The molecule has 0 unspecified atom stereocenters. The molecule has 1 aliphatic heterocycles. The van der Waals surface area contributed by atoms with Gasteiger partial charge in [-0.05, 0) is 33.6 Å². The first-order valence-corrected chi connectivity index (χ1v) is 7.06. The van der Waals surface area contributed by atoms with E-state index in [2.05, 4.69) is 26.6 Å². The minimum atomic E-state index is -0.0693. The van der Waals surface area contributed by atoms with Crippen LogP contribution in [0.25, 0.3) is 0 Å². The third kappa shape index (κ3) is 2.63. The van der Waals surface area contributed by atoms with Crippen LogP contribution in [0.3, 0.4) is 0 Å². The van der Waals surface area contributed by atoms with Gasteiger partial charge in [-0.2, -0.15) is 0 Å². The number of halogens is 1. The van der Waals surface area contributed by atoms with E-state index < -0.39 is 0 Å². The third-order valence-corrected chi connectivity index (χ3v) is 3.66. The number of hydrogen-bond acceptors (Lipinski definition) is 3. The molecule has 4 nitrogen and oxygen atoms in total. The average molecular weight is 333 g/mol. The number of carbonyl (C=O) groups is 1. The van der Waals surface area contributed by atoms with Crippen LogP contribution in [0.5, 0.6) is 5.75 Å². The summed E-state index contributed by atoms with van der Waals surface area (Å²) in [4.78, 5) is 11.5. The number of anilines is 2. The van der Waals surface area contributed by atoms with Crippen LogP contribution in [0.15, 0.2) is 46.9 Å². The van der Waals surface area contributed by atoms with E-state index in [1.807, 2.05) is 42.5 Å². The minimum absolute atomic E-state index is 0.0693. The van der Waals surface area contributed by atoms with Crippen molar-refractivity contribution in [1.29, 1.82) is 0 Å². The fourth-order valence-corrected chi connectivity index (χ4v) is 2.50. The standard InChI is InChI=1S/C15H13BrN2O2/c16-11-6-7-12-14(18-13(19)8-17-12)15(11)20-9-10-4-2-1-3-5-10/h1-7,17H,8-9H2,(H,18,19). The Balaban J connectivity index is 1.87. The summed E-state index contributed by atoms with van der Waals surface area (Å²) in [5.41, 5.74) is 2.63. The summed E-state index contributed by atoms with van der Waals surface area (Å²) in [6.45, 7) is 0.735. The zero-order chi connectivity index (χ0) is 13.9. The summed E-state index contributed by atoms with van der Waals surface area (Å²) in [7, 11) is 0. The van der Waals surface area contributed by atoms with Crippen molar-refractivity contribution >= 4 is 33.2 Å². The van der Waals surface area contributed by atoms with Gasteiger partial charge in [0.2, 0.25) is 5.91 Å². The number of fused-ring (bicyclic) bond motifs is 1. The van der Waals surface area contributed by atoms with Crippen LogP contribution in [0, 0.1) is 0 Å². The molecule has 0 atom stereocenters. The number of nitrogens with one attached hydrogen (secondary N) is 2. The number of amides is 1. The van der Waals surface area contributed by atoms with Crippen molar-refractivity contribution in [3.63, 3.8) is 0 Å². The molecule has 0 aromatic heterocycles. The molecule has 0 fully saturated rings. The van der Waals surface area contributed by atoms with Crippen molar-refractivity contribution in [1.82, 2.24) is 0 Å². The molecule has 5 heteroatoms. The molecule has 0 saturated heterocycles. The highest BCUT2D eigenvalue weighted by Crippen LogP contribution is 2.40. The lowest BCUT2D eigenvalue weighted by molar-refractivity contribution is -0.114. The van der Waals surface area contributed by atoms with Crippen LogP contribution >= 0.6 is 15.9 Å². The first kappa shape index (κ1) is 13.0. The van der Waals surface area contributed by atoms with E-state index >= 15 is 0 Å². The maximum absolute atomic E-state index is 11.5. The van der Waals surface area contributed by atoms with Crippen LogP contribution < -0.4 is 15.4 Å². The van der Waals surface area contributed by atoms with E-state index in [1.54, 1.807) is 0 Å². The molecule has 0 saturated carbocycles. The van der Waals surface area contributed by atoms with Gasteiger partial charge in [-0.15, -0.1) is 0 Å². The minimum Gasteiger partial charge on any atom is -0.485 e. The Bertz CT molecular complexity index is 644. The summed E-state index contributed by atoms with van der Waals surface area (Å²) in [6.07, 6.45) is 0. The molecule has 0 radical (unpaired) electrons. The first-order chi connectivity index (χ1) is 9.74. The summed E-state index contributed by atoms with van der Waals surface area (Å²) in [5, 5.41) is 5.91. The van der Waals surface area contributed by atoms with Crippen LogP contribution in [0.4, 0.5) is 11.4 Å². The second kappa shape index (κ2) is 5.54. The third-order valence-electron chi connectivity index (χ3n) is 3.04. The molecule has 2 aromatic carbocycles. The van der Waals surface area contributed by atoms with E-state index in [0.29, 0.717) is 18.0 Å². The lowest BCUT2D eigenvalue weighted by Crippen LogP contribution is -2.27. The quantitative estimate of drug-likeness (QED) is 0.905. The van der Waals surface area contributed by atoms with E-state index in [0.717, 1.165) is 15.7 Å². The number of carbonyl (C=O) groups excluding carboxylic acids is 1. The monoisotopic (exact) mass is 332 g/mol. The molecule has 2 aromatic rings. The van der Waals surface area contributed by atoms with Crippen molar-refractivity contribution in [2.75, 3.05) is 17.2 Å². The molecule has 0 aliphatic carbocycles. The molecular weight excluding hydrogens is 320 g/mol. The predicted octanol–water partition coefficient (Wildman–Crippen LogP) is 3.39. The summed E-state index contributed by atoms with van der Waals surface area (Å²) in [5.74, 6) is 0.576. The van der Waals surface area contributed by atoms with Gasteiger partial charge in [-0.3, -0.25) is 4.79 Å². The maximum atomic E-state index is 11.5. The highest BCUT2D eigenvalue weighted by Gasteiger charge is 2.20. The van der Waals surface area contributed by atoms with Gasteiger partial charge in [-0.25, -0.2) is 0 Å². The lowest BCUT2D eigenvalue weighted by atomic mass is 10.2. The number of benzene rings is 2. The molecule has 1 aliphatic rings. The molecule has 20 heavy (non-hydrogen) atoms. The van der Waals surface area contributed by atoms with Crippen LogP contribution in [-0.2, 0) is 11.4 Å². The number of rotatable bonds is 3. The molecule has 2 N–H and O–H groups in total. The largest absolute Gasteiger partial charge is 0.485 e. The van der Waals surface area contributed by atoms with Gasteiger partial charge in [0.05, 0.1) is 16.7 Å². The second-order valence-electron chi connectivity index (χ2n) is 4.48. The Kier molecular flexibility index (Phi) is 3.60. The van der Waals surface area contributed by atoms with E-state index in [4.69, 9.17) is 4.74 Å². The summed E-state index contributed by atoms with van der Waals surface area (Å²) < 4.78 is 6.68. The van der Waals surface area contributed by atoms with Crippen LogP contribution in [-0.4, -0.2) is 12.5 Å². The molecule has 1 heterocycles. The van der Waals surface area contributed by atoms with Gasteiger partial charge >= 0.3 is 0 Å². The lowest BCUT2D eigenvalue weighted by Gasteiger charge is -2.22. The first-order valence-electron chi connectivity index (χ1n) is 6.27. The molecular formula is C15H13BrN2O2. The van der Waals surface area contributed by atoms with Crippen molar-refractivity contribution in [2.45, 2.75) is 6.61 Å². The van der Waals surface area contributed by atoms with E-state index in [1.165, 1.54) is 0 Å². The highest BCUT2D eigenvalue weighted by atomic mass is 79.9. The molecule has 102 valence electrons. The maximum Gasteiger partial charge on any atom is 0.243 e. The smallest absolute Gasteiger partial charge is 0.243 e. The molecule has 1 amide bonds. The Hall–Kier alpha value is -2.01. The Labute approximate surface area is 125 Å². The van der Waals surface area contributed by atoms with Gasteiger partial charge in [0.15, 0.2) is 5.75 Å². The van der Waals surface area contributed by atoms with Crippen molar-refractivity contribution in [2.24, 2.45) is 0 Å². The van der Waals surface area contributed by atoms with Crippen molar-refractivity contribution < 1.29 is 9.53 Å². The Morgan fingerprint density at radius 1 is 1.15 bits per heavy atom. The second-order valence-corrected chi connectivity index (χ2v) is 5.33. The Morgan fingerprint density at radius 3 is 2.75 bits per heavy atom. The van der Waals surface area contributed by atoms with Crippen LogP contribution in [0.1, 0.15) is 5.56 Å². The fourth-order valence-electron chi connectivity index (χ4n) is 2.06. The van der Waals surface area contributed by atoms with Gasteiger partial charge < -0.3 is 15.4 Å². The molecule has 3 rings (SSSR count). The summed E-state index contributed by atoms with van der Waals surface area (Å²) in [6, 6.07) is 13.7. The predicted molar refractivity (Wildman–Crippen MR) is 82.0 cm³/mol. The normalized spacial score (nSPS) is 13.2. The van der Waals surface area contributed by atoms with Gasteiger partial charge in [-0.1, -0.05) is 30.3 Å². The van der Waals surface area contributed by atoms with E-state index in [-0.39, 0.29) is 12.5 Å². The fraction of sp³-hybridized carbons (Fsp3) is 0.133. The molecule has 0 bridgehead atoms. The average Bonchev–Trinajstić information content (AvgIpc) is 2.47. The van der Waals surface area contributed by atoms with E-state index in [9.17, 15) is 4.79 Å². The number of hydrogen-bond donors (Lipinski definition) is 2. The van der Waals surface area contributed by atoms with Crippen LogP contribution in [0.2, 0.25) is 0 Å². The zero-order valence-electron chi connectivity index (χ0n) is 10.7. The zero-order valence-corrected chi connectivity index (χ0v) is 12.2. The molecule has 0 spiro atoms. The highest BCUT2D eigenvalue weighted by molar-refractivity contribution is 9.10. The topological polar surface area (TPSA) is 50.4 Å². The van der Waals surface area contributed by atoms with Crippen molar-refractivity contribution in [3.05, 3.63) is 52.5 Å². The number of ether oxygens (including phenoxy) is 1. The Morgan fingerprint density at radius 2 is 1.95 bits per heavy atom. The van der Waals surface area contributed by atoms with Crippen molar-refractivity contribution in [3.8, 4) is 5.75 Å². The summed E-state index contributed by atoms with van der Waals surface area (Å²) >= 11 is 3.46. The van der Waals surface area contributed by atoms with Gasteiger partial charge in [0.1, 0.15) is 12.3 Å². The SMILES string of the molecule is O=C1CNc2ccc(Br)c(OCc3ccccc3)c2N1. The van der Waals surface area contributed by atoms with Gasteiger partial charge in [0.25, 0.3) is 0 Å². The van der Waals surface area contributed by atoms with Gasteiger partial charge in [0, 0.05) is 0 Å².